The van der Waals surface area contributed by atoms with Crippen LogP contribution < -0.4 is 14.8 Å². The van der Waals surface area contributed by atoms with Crippen LogP contribution in [-0.4, -0.2) is 37.8 Å². The lowest BCUT2D eigenvalue weighted by molar-refractivity contribution is 0.356. The van der Waals surface area contributed by atoms with Crippen molar-refractivity contribution < 1.29 is 9.47 Å². The summed E-state index contributed by atoms with van der Waals surface area (Å²) in [4.78, 5) is 4.42. The van der Waals surface area contributed by atoms with Crippen molar-refractivity contribution in [3.63, 3.8) is 0 Å². The predicted octanol–water partition coefficient (Wildman–Crippen LogP) is 3.42. The van der Waals surface area contributed by atoms with Gasteiger partial charge in [0.25, 0.3) is 0 Å². The van der Waals surface area contributed by atoms with Gasteiger partial charge >= 0.3 is 0 Å². The van der Waals surface area contributed by atoms with Gasteiger partial charge in [-0.2, -0.15) is 11.8 Å². The van der Waals surface area contributed by atoms with Gasteiger partial charge in [-0.05, 0) is 42.0 Å². The van der Waals surface area contributed by atoms with Crippen LogP contribution in [0.25, 0.3) is 10.8 Å². The lowest BCUT2D eigenvalue weighted by Gasteiger charge is -2.12. The van der Waals surface area contributed by atoms with E-state index < -0.39 is 0 Å². The van der Waals surface area contributed by atoms with Crippen LogP contribution in [0, 0.1) is 0 Å². The molecule has 2 aromatic rings. The molecule has 1 aromatic heterocycles. The third-order valence-corrected chi connectivity index (χ3v) is 3.78. The van der Waals surface area contributed by atoms with E-state index in [9.17, 15) is 0 Å². The number of anilines is 1. The SMILES string of the molecule is COc1cc2ccnc(NCCCSC)c2cc1OC. The number of aromatic nitrogens is 1. The van der Waals surface area contributed by atoms with E-state index in [4.69, 9.17) is 9.47 Å². The molecule has 20 heavy (non-hydrogen) atoms. The third kappa shape index (κ3) is 3.28. The van der Waals surface area contributed by atoms with E-state index in [1.807, 2.05) is 36.2 Å². The van der Waals surface area contributed by atoms with Crippen LogP contribution in [-0.2, 0) is 0 Å². The van der Waals surface area contributed by atoms with Crippen molar-refractivity contribution in [3.8, 4) is 11.5 Å². The highest BCUT2D eigenvalue weighted by molar-refractivity contribution is 7.98. The van der Waals surface area contributed by atoms with Gasteiger partial charge in [-0.15, -0.1) is 0 Å². The number of methoxy groups -OCH3 is 2. The fraction of sp³-hybridized carbons (Fsp3) is 0.400. The van der Waals surface area contributed by atoms with Crippen molar-refractivity contribution in [2.24, 2.45) is 0 Å². The van der Waals surface area contributed by atoms with Crippen molar-refractivity contribution in [2.75, 3.05) is 38.1 Å². The van der Waals surface area contributed by atoms with E-state index in [2.05, 4.69) is 16.6 Å². The molecule has 2 rings (SSSR count). The minimum Gasteiger partial charge on any atom is -0.493 e. The van der Waals surface area contributed by atoms with E-state index in [0.717, 1.165) is 46.8 Å². The summed E-state index contributed by atoms with van der Waals surface area (Å²) in [7, 11) is 3.29. The first-order valence-corrected chi connectivity index (χ1v) is 7.93. The van der Waals surface area contributed by atoms with E-state index in [0.29, 0.717) is 0 Å². The number of nitrogens with one attached hydrogen (secondary N) is 1. The molecule has 108 valence electrons. The maximum atomic E-state index is 5.36. The highest BCUT2D eigenvalue weighted by Gasteiger charge is 2.09. The molecule has 0 radical (unpaired) electrons. The zero-order valence-corrected chi connectivity index (χ0v) is 12.9. The molecule has 1 aromatic carbocycles. The minimum atomic E-state index is 0.722. The molecular formula is C15H20N2O2S. The Morgan fingerprint density at radius 2 is 1.95 bits per heavy atom. The first kappa shape index (κ1) is 14.8. The van der Waals surface area contributed by atoms with E-state index in [-0.39, 0.29) is 0 Å². The van der Waals surface area contributed by atoms with Crippen LogP contribution in [0.4, 0.5) is 5.82 Å². The Morgan fingerprint density at radius 3 is 2.65 bits per heavy atom. The normalized spacial score (nSPS) is 10.6. The molecule has 0 bridgehead atoms. The van der Waals surface area contributed by atoms with Gasteiger partial charge in [-0.1, -0.05) is 0 Å². The topological polar surface area (TPSA) is 43.4 Å². The molecule has 1 heterocycles. The fourth-order valence-electron chi connectivity index (χ4n) is 2.06. The maximum absolute atomic E-state index is 5.36. The second kappa shape index (κ2) is 7.24. The van der Waals surface area contributed by atoms with Crippen LogP contribution in [0.5, 0.6) is 11.5 Å². The highest BCUT2D eigenvalue weighted by atomic mass is 32.2. The third-order valence-electron chi connectivity index (χ3n) is 3.09. The van der Waals surface area contributed by atoms with Crippen molar-refractivity contribution in [1.82, 2.24) is 4.98 Å². The van der Waals surface area contributed by atoms with Crippen LogP contribution in [0.2, 0.25) is 0 Å². The molecule has 0 aliphatic heterocycles. The molecule has 0 amide bonds. The lowest BCUT2D eigenvalue weighted by Crippen LogP contribution is -2.04. The van der Waals surface area contributed by atoms with Crippen molar-refractivity contribution in [3.05, 3.63) is 24.4 Å². The fourth-order valence-corrected chi connectivity index (χ4v) is 2.50. The van der Waals surface area contributed by atoms with Gasteiger partial charge in [0.05, 0.1) is 14.2 Å². The molecule has 0 saturated carbocycles. The molecular weight excluding hydrogens is 272 g/mol. The molecule has 4 nitrogen and oxygen atoms in total. The smallest absolute Gasteiger partial charge is 0.161 e. The van der Waals surface area contributed by atoms with Crippen LogP contribution in [0.15, 0.2) is 24.4 Å². The summed E-state index contributed by atoms with van der Waals surface area (Å²) < 4.78 is 10.7. The average molecular weight is 292 g/mol. The monoisotopic (exact) mass is 292 g/mol. The Hall–Kier alpha value is -1.62. The first-order valence-electron chi connectivity index (χ1n) is 6.53. The van der Waals surface area contributed by atoms with Gasteiger partial charge in [0, 0.05) is 18.1 Å². The zero-order valence-electron chi connectivity index (χ0n) is 12.1. The number of rotatable bonds is 7. The molecule has 0 unspecified atom stereocenters. The molecule has 0 aliphatic carbocycles. The van der Waals surface area contributed by atoms with Gasteiger partial charge in [0.1, 0.15) is 5.82 Å². The highest BCUT2D eigenvalue weighted by Crippen LogP contribution is 2.34. The summed E-state index contributed by atoms with van der Waals surface area (Å²) in [5.41, 5.74) is 0. The molecule has 1 N–H and O–H groups in total. The first-order chi connectivity index (χ1) is 9.80. The second-order valence-corrected chi connectivity index (χ2v) is 5.35. The van der Waals surface area contributed by atoms with E-state index >= 15 is 0 Å². The van der Waals surface area contributed by atoms with E-state index in [1.54, 1.807) is 14.2 Å². The Bertz CT molecular complexity index is 575. The lowest BCUT2D eigenvalue weighted by atomic mass is 10.1. The summed E-state index contributed by atoms with van der Waals surface area (Å²) in [6.45, 7) is 0.918. The number of nitrogens with zero attached hydrogens (tertiary/aromatic N) is 1. The Labute approximate surface area is 123 Å². The van der Waals surface area contributed by atoms with Crippen LogP contribution in [0.3, 0.4) is 0 Å². The molecule has 0 fully saturated rings. The second-order valence-electron chi connectivity index (χ2n) is 4.36. The summed E-state index contributed by atoms with van der Waals surface area (Å²) in [6, 6.07) is 5.92. The molecule has 0 atom stereocenters. The number of thioether (sulfide) groups is 1. The Kier molecular flexibility index (Phi) is 5.35. The number of hydrogen-bond donors (Lipinski definition) is 1. The average Bonchev–Trinajstić information content (AvgIpc) is 2.50. The molecule has 0 saturated heterocycles. The van der Waals surface area contributed by atoms with Gasteiger partial charge in [0.15, 0.2) is 11.5 Å². The van der Waals surface area contributed by atoms with Gasteiger partial charge in [0.2, 0.25) is 0 Å². The van der Waals surface area contributed by atoms with E-state index in [1.165, 1.54) is 0 Å². The van der Waals surface area contributed by atoms with Crippen LogP contribution in [0.1, 0.15) is 6.42 Å². The predicted molar refractivity (Wildman–Crippen MR) is 86.3 cm³/mol. The van der Waals surface area contributed by atoms with Gasteiger partial charge in [-0.3, -0.25) is 0 Å². The van der Waals surface area contributed by atoms with Crippen molar-refractivity contribution in [2.45, 2.75) is 6.42 Å². The number of pyridine rings is 1. The largest absolute Gasteiger partial charge is 0.493 e. The number of hydrogen-bond acceptors (Lipinski definition) is 5. The molecule has 0 aliphatic rings. The Balaban J connectivity index is 2.30. The number of ether oxygens (including phenoxy) is 2. The molecule has 0 spiro atoms. The zero-order chi connectivity index (χ0) is 14.4. The maximum Gasteiger partial charge on any atom is 0.161 e. The summed E-state index contributed by atoms with van der Waals surface area (Å²) in [5.74, 6) is 3.50. The number of fused-ring (bicyclic) bond motifs is 1. The summed E-state index contributed by atoms with van der Waals surface area (Å²) in [6.07, 6.45) is 5.05. The van der Waals surface area contributed by atoms with Gasteiger partial charge in [-0.25, -0.2) is 4.98 Å². The van der Waals surface area contributed by atoms with Crippen LogP contribution >= 0.6 is 11.8 Å². The minimum absolute atomic E-state index is 0.722. The summed E-state index contributed by atoms with van der Waals surface area (Å²) in [5, 5.41) is 5.53. The van der Waals surface area contributed by atoms with Crippen molar-refractivity contribution in [1.29, 1.82) is 0 Å². The number of benzene rings is 1. The Morgan fingerprint density at radius 1 is 1.20 bits per heavy atom. The summed E-state index contributed by atoms with van der Waals surface area (Å²) >= 11 is 1.85. The molecule has 5 heteroatoms. The van der Waals surface area contributed by atoms with Crippen molar-refractivity contribution >= 4 is 28.4 Å². The van der Waals surface area contributed by atoms with Gasteiger partial charge < -0.3 is 14.8 Å². The standard InChI is InChI=1S/C15H20N2O2S/c1-18-13-9-11-5-7-17-15(16-6-4-8-20-3)12(11)10-14(13)19-2/h5,7,9-10H,4,6,8H2,1-3H3,(H,16,17). The quantitative estimate of drug-likeness (QED) is 0.792.